The van der Waals surface area contributed by atoms with Gasteiger partial charge >= 0.3 is 17.4 Å². The zero-order valence-electron chi connectivity index (χ0n) is 9.74. The van der Waals surface area contributed by atoms with Gasteiger partial charge in [0, 0.05) is 6.07 Å². The molecule has 0 saturated heterocycles. The molecule has 0 amide bonds. The van der Waals surface area contributed by atoms with Crippen molar-refractivity contribution in [1.82, 2.24) is 9.97 Å². The number of halogens is 1. The van der Waals surface area contributed by atoms with Crippen molar-refractivity contribution in [3.05, 3.63) is 46.5 Å². The summed E-state index contributed by atoms with van der Waals surface area (Å²) in [5, 5.41) is 11.0. The molecular formula is C11H8FN3O4. The average molecular weight is 265 g/mol. The van der Waals surface area contributed by atoms with E-state index in [9.17, 15) is 14.5 Å². The van der Waals surface area contributed by atoms with E-state index < -0.39 is 16.4 Å². The number of hydrogen-bond acceptors (Lipinski definition) is 6. The van der Waals surface area contributed by atoms with Crippen molar-refractivity contribution in [3.8, 4) is 17.5 Å². The quantitative estimate of drug-likeness (QED) is 0.622. The number of methoxy groups -OCH3 is 1. The molecule has 0 N–H and O–H groups in total. The molecule has 98 valence electrons. The van der Waals surface area contributed by atoms with Crippen LogP contribution in [0.25, 0.3) is 0 Å². The maximum atomic E-state index is 13.0. The molecule has 7 nitrogen and oxygen atoms in total. The van der Waals surface area contributed by atoms with Crippen molar-refractivity contribution in [1.29, 1.82) is 0 Å². The molecule has 8 heteroatoms. The summed E-state index contributed by atoms with van der Waals surface area (Å²) in [5.74, 6) is -0.987. The molecule has 1 aromatic carbocycles. The number of hydrogen-bond donors (Lipinski definition) is 0. The van der Waals surface area contributed by atoms with Gasteiger partial charge in [0.15, 0.2) is 0 Å². The first-order chi connectivity index (χ1) is 9.11. The fraction of sp³-hybridized carbons (Fsp3) is 0.0909. The predicted octanol–water partition coefficient (Wildman–Crippen LogP) is 2.32. The first-order valence-electron chi connectivity index (χ1n) is 5.08. The van der Waals surface area contributed by atoms with E-state index in [1.165, 1.54) is 25.3 Å². The number of benzene rings is 1. The van der Waals surface area contributed by atoms with Crippen LogP contribution in [0.4, 0.5) is 10.1 Å². The Morgan fingerprint density at radius 2 is 2.05 bits per heavy atom. The molecule has 0 aliphatic heterocycles. The minimum absolute atomic E-state index is 0.0869. The molecule has 0 atom stereocenters. The molecule has 0 saturated carbocycles. The van der Waals surface area contributed by atoms with Crippen LogP contribution in [0.2, 0.25) is 0 Å². The van der Waals surface area contributed by atoms with Crippen LogP contribution in [0, 0.1) is 15.9 Å². The van der Waals surface area contributed by atoms with Gasteiger partial charge in [0.1, 0.15) is 17.9 Å². The summed E-state index contributed by atoms with van der Waals surface area (Å²) in [6.45, 7) is 0. The second-order valence-corrected chi connectivity index (χ2v) is 3.35. The predicted molar refractivity (Wildman–Crippen MR) is 61.7 cm³/mol. The van der Waals surface area contributed by atoms with Gasteiger partial charge in [0.25, 0.3) is 0 Å². The van der Waals surface area contributed by atoms with Gasteiger partial charge in [-0.2, -0.15) is 9.97 Å². The van der Waals surface area contributed by atoms with E-state index in [1.807, 2.05) is 0 Å². The SMILES string of the molecule is COc1ncnc(Oc2cccc(F)c2)c1[N+](=O)[O-]. The lowest BCUT2D eigenvalue weighted by Gasteiger charge is -2.06. The minimum atomic E-state index is -0.729. The van der Waals surface area contributed by atoms with Crippen molar-refractivity contribution >= 4 is 5.69 Å². The summed E-state index contributed by atoms with van der Waals surface area (Å²) in [5.41, 5.74) is -0.519. The Labute approximate surface area is 106 Å². The minimum Gasteiger partial charge on any atom is -0.476 e. The highest BCUT2D eigenvalue weighted by atomic mass is 19.1. The highest BCUT2D eigenvalue weighted by molar-refractivity contribution is 5.50. The third-order valence-electron chi connectivity index (χ3n) is 2.14. The van der Waals surface area contributed by atoms with Crippen LogP contribution in [0.15, 0.2) is 30.6 Å². The fourth-order valence-electron chi connectivity index (χ4n) is 1.37. The van der Waals surface area contributed by atoms with Crippen LogP contribution in [0.1, 0.15) is 0 Å². The van der Waals surface area contributed by atoms with Crippen LogP contribution in [0.3, 0.4) is 0 Å². The lowest BCUT2D eigenvalue weighted by molar-refractivity contribution is -0.387. The van der Waals surface area contributed by atoms with Gasteiger partial charge in [-0.05, 0) is 12.1 Å². The Morgan fingerprint density at radius 3 is 2.68 bits per heavy atom. The highest BCUT2D eigenvalue weighted by Crippen LogP contribution is 2.35. The Morgan fingerprint density at radius 1 is 1.32 bits per heavy atom. The van der Waals surface area contributed by atoms with Crippen LogP contribution in [-0.4, -0.2) is 22.0 Å². The largest absolute Gasteiger partial charge is 0.476 e. The number of ether oxygens (including phenoxy) is 2. The van der Waals surface area contributed by atoms with Gasteiger partial charge in [-0.25, -0.2) is 4.39 Å². The fourth-order valence-corrected chi connectivity index (χ4v) is 1.37. The first-order valence-corrected chi connectivity index (χ1v) is 5.08. The standard InChI is InChI=1S/C11H8FN3O4/c1-18-10-9(15(16)17)11(14-6-13-10)19-8-4-2-3-7(12)5-8/h2-6H,1H3. The number of nitrogens with zero attached hydrogens (tertiary/aromatic N) is 3. The monoisotopic (exact) mass is 265 g/mol. The summed E-state index contributed by atoms with van der Waals surface area (Å²) in [4.78, 5) is 17.5. The van der Waals surface area contributed by atoms with E-state index in [0.717, 1.165) is 12.4 Å². The van der Waals surface area contributed by atoms with Crippen molar-refractivity contribution in [2.75, 3.05) is 7.11 Å². The van der Waals surface area contributed by atoms with Gasteiger partial charge in [0.2, 0.25) is 0 Å². The molecular weight excluding hydrogens is 257 g/mol. The molecule has 0 bridgehead atoms. The molecule has 1 heterocycles. The third-order valence-corrected chi connectivity index (χ3v) is 2.14. The summed E-state index contributed by atoms with van der Waals surface area (Å²) in [6.07, 6.45) is 1.06. The maximum absolute atomic E-state index is 13.0. The van der Waals surface area contributed by atoms with Crippen LogP contribution in [-0.2, 0) is 0 Å². The summed E-state index contributed by atoms with van der Waals surface area (Å²) in [7, 11) is 1.24. The molecule has 0 spiro atoms. The Hall–Kier alpha value is -2.77. The van der Waals surface area contributed by atoms with Crippen molar-refractivity contribution < 1.29 is 18.8 Å². The summed E-state index contributed by atoms with van der Waals surface area (Å²) < 4.78 is 22.9. The summed E-state index contributed by atoms with van der Waals surface area (Å²) >= 11 is 0. The molecule has 0 unspecified atom stereocenters. The Balaban J connectivity index is 2.42. The average Bonchev–Trinajstić information content (AvgIpc) is 2.38. The van der Waals surface area contributed by atoms with Crippen LogP contribution >= 0.6 is 0 Å². The highest BCUT2D eigenvalue weighted by Gasteiger charge is 2.25. The van der Waals surface area contributed by atoms with Crippen molar-refractivity contribution in [3.63, 3.8) is 0 Å². The topological polar surface area (TPSA) is 87.4 Å². The third kappa shape index (κ3) is 2.73. The van der Waals surface area contributed by atoms with E-state index in [0.29, 0.717) is 0 Å². The molecule has 2 aromatic rings. The number of rotatable bonds is 4. The van der Waals surface area contributed by atoms with Gasteiger partial charge in [0.05, 0.1) is 12.0 Å². The van der Waals surface area contributed by atoms with Gasteiger partial charge in [-0.15, -0.1) is 0 Å². The zero-order valence-corrected chi connectivity index (χ0v) is 9.74. The van der Waals surface area contributed by atoms with Crippen LogP contribution < -0.4 is 9.47 Å². The maximum Gasteiger partial charge on any atom is 0.392 e. The first kappa shape index (κ1) is 12.7. The molecule has 0 fully saturated rings. The smallest absolute Gasteiger partial charge is 0.392 e. The summed E-state index contributed by atoms with van der Waals surface area (Å²) in [6, 6.07) is 5.16. The normalized spacial score (nSPS) is 10.0. The molecule has 0 aliphatic carbocycles. The Bertz CT molecular complexity index is 621. The van der Waals surface area contributed by atoms with Gasteiger partial charge in [-0.3, -0.25) is 10.1 Å². The number of nitro groups is 1. The molecule has 19 heavy (non-hydrogen) atoms. The molecule has 1 aromatic heterocycles. The van der Waals surface area contributed by atoms with E-state index in [4.69, 9.17) is 9.47 Å². The molecule has 0 aliphatic rings. The molecule has 2 rings (SSSR count). The van der Waals surface area contributed by atoms with Crippen molar-refractivity contribution in [2.24, 2.45) is 0 Å². The number of aromatic nitrogens is 2. The van der Waals surface area contributed by atoms with Gasteiger partial charge < -0.3 is 9.47 Å². The molecule has 0 radical (unpaired) electrons. The second-order valence-electron chi connectivity index (χ2n) is 3.35. The lowest BCUT2D eigenvalue weighted by atomic mass is 10.3. The lowest BCUT2D eigenvalue weighted by Crippen LogP contribution is -2.01. The van der Waals surface area contributed by atoms with Gasteiger partial charge in [-0.1, -0.05) is 6.07 Å². The van der Waals surface area contributed by atoms with Crippen LogP contribution in [0.5, 0.6) is 17.5 Å². The second kappa shape index (κ2) is 5.25. The Kier molecular flexibility index (Phi) is 3.51. The van der Waals surface area contributed by atoms with E-state index in [1.54, 1.807) is 0 Å². The zero-order chi connectivity index (χ0) is 13.8. The van der Waals surface area contributed by atoms with E-state index in [2.05, 4.69) is 9.97 Å². The van der Waals surface area contributed by atoms with E-state index >= 15 is 0 Å². The van der Waals surface area contributed by atoms with E-state index in [-0.39, 0.29) is 17.5 Å². The van der Waals surface area contributed by atoms with Crippen molar-refractivity contribution in [2.45, 2.75) is 0 Å².